The van der Waals surface area contributed by atoms with Crippen LogP contribution in [0.3, 0.4) is 0 Å². The van der Waals surface area contributed by atoms with Crippen molar-refractivity contribution in [1.82, 2.24) is 14.7 Å². The highest BCUT2D eigenvalue weighted by Crippen LogP contribution is 2.16. The van der Waals surface area contributed by atoms with E-state index in [2.05, 4.69) is 10.4 Å². The van der Waals surface area contributed by atoms with Crippen molar-refractivity contribution in [3.8, 4) is 5.69 Å². The molecular formula is C23H23FN4O3. The Balaban J connectivity index is 1.82. The van der Waals surface area contributed by atoms with E-state index in [4.69, 9.17) is 0 Å². The number of aromatic nitrogens is 2. The molecule has 7 nitrogen and oxygen atoms in total. The van der Waals surface area contributed by atoms with Gasteiger partial charge in [-0.1, -0.05) is 37.3 Å². The molecule has 1 heterocycles. The fourth-order valence-corrected chi connectivity index (χ4v) is 3.17. The van der Waals surface area contributed by atoms with E-state index >= 15 is 0 Å². The van der Waals surface area contributed by atoms with Crippen LogP contribution in [0, 0.1) is 12.7 Å². The van der Waals surface area contributed by atoms with Gasteiger partial charge in [0.2, 0.25) is 11.3 Å². The van der Waals surface area contributed by atoms with E-state index in [0.29, 0.717) is 11.4 Å². The Morgan fingerprint density at radius 2 is 1.81 bits per heavy atom. The van der Waals surface area contributed by atoms with Crippen LogP contribution in [0.25, 0.3) is 5.69 Å². The van der Waals surface area contributed by atoms with E-state index in [-0.39, 0.29) is 12.2 Å². The number of anilines is 1. The van der Waals surface area contributed by atoms with Gasteiger partial charge in [-0.15, -0.1) is 0 Å². The number of carbonyl (C=O) groups is 2. The van der Waals surface area contributed by atoms with Crippen LogP contribution in [0.15, 0.2) is 59.4 Å². The third kappa shape index (κ3) is 4.85. The van der Waals surface area contributed by atoms with Crippen molar-refractivity contribution in [1.29, 1.82) is 0 Å². The SMILES string of the molecule is CCc1ccccc1NC(=O)CN(C)C(=O)c1nn(-c2ccccc2F)c(C)cc1=O. The van der Waals surface area contributed by atoms with Crippen molar-refractivity contribution in [2.24, 2.45) is 0 Å². The molecule has 0 aliphatic heterocycles. The maximum absolute atomic E-state index is 14.2. The number of para-hydroxylation sites is 2. The number of hydrogen-bond acceptors (Lipinski definition) is 4. The van der Waals surface area contributed by atoms with Crippen molar-refractivity contribution < 1.29 is 14.0 Å². The molecule has 160 valence electrons. The van der Waals surface area contributed by atoms with Gasteiger partial charge in [0.25, 0.3) is 5.91 Å². The van der Waals surface area contributed by atoms with Crippen LogP contribution in [0.5, 0.6) is 0 Å². The number of nitrogens with one attached hydrogen (secondary N) is 1. The zero-order valence-electron chi connectivity index (χ0n) is 17.6. The summed E-state index contributed by atoms with van der Waals surface area (Å²) in [6, 6.07) is 14.5. The first-order valence-corrected chi connectivity index (χ1v) is 9.81. The summed E-state index contributed by atoms with van der Waals surface area (Å²) in [5.74, 6) is -1.67. The number of carbonyl (C=O) groups excluding carboxylic acids is 2. The van der Waals surface area contributed by atoms with Crippen LogP contribution in [-0.4, -0.2) is 40.1 Å². The standard InChI is InChI=1S/C23H23FN4O3/c1-4-16-9-5-7-11-18(16)25-21(30)14-27(3)23(31)22-20(29)13-15(2)28(26-22)19-12-8-6-10-17(19)24/h5-13H,4,14H2,1-3H3,(H,25,30). The van der Waals surface area contributed by atoms with Crippen LogP contribution < -0.4 is 10.7 Å². The predicted octanol–water partition coefficient (Wildman–Crippen LogP) is 2.95. The van der Waals surface area contributed by atoms with Crippen molar-refractivity contribution in [3.05, 3.63) is 87.6 Å². The maximum atomic E-state index is 14.2. The van der Waals surface area contributed by atoms with Crippen molar-refractivity contribution in [2.45, 2.75) is 20.3 Å². The number of hydrogen-bond donors (Lipinski definition) is 1. The molecule has 0 radical (unpaired) electrons. The average molecular weight is 422 g/mol. The van der Waals surface area contributed by atoms with Crippen LogP contribution in [-0.2, 0) is 11.2 Å². The molecule has 0 unspecified atom stereocenters. The summed E-state index contributed by atoms with van der Waals surface area (Å²) in [7, 11) is 1.40. The molecule has 1 N–H and O–H groups in total. The highest BCUT2D eigenvalue weighted by Gasteiger charge is 2.22. The molecule has 1 aromatic heterocycles. The Bertz CT molecular complexity index is 1190. The second kappa shape index (κ2) is 9.34. The van der Waals surface area contributed by atoms with E-state index in [1.165, 1.54) is 36.0 Å². The second-order valence-electron chi connectivity index (χ2n) is 7.08. The lowest BCUT2D eigenvalue weighted by molar-refractivity contribution is -0.116. The number of halogens is 1. The van der Waals surface area contributed by atoms with Gasteiger partial charge in [0, 0.05) is 24.5 Å². The molecule has 0 aliphatic carbocycles. The molecule has 0 bridgehead atoms. The van der Waals surface area contributed by atoms with Gasteiger partial charge < -0.3 is 10.2 Å². The van der Waals surface area contributed by atoms with Gasteiger partial charge in [-0.2, -0.15) is 5.10 Å². The summed E-state index contributed by atoms with van der Waals surface area (Å²) in [5, 5.41) is 6.86. The van der Waals surface area contributed by atoms with Gasteiger partial charge in [0.05, 0.1) is 6.54 Å². The predicted molar refractivity (Wildman–Crippen MR) is 116 cm³/mol. The summed E-state index contributed by atoms with van der Waals surface area (Å²) < 4.78 is 15.4. The fraction of sp³-hybridized carbons (Fsp3) is 0.217. The third-order valence-corrected chi connectivity index (χ3v) is 4.79. The van der Waals surface area contributed by atoms with Crippen LogP contribution in [0.1, 0.15) is 28.7 Å². The largest absolute Gasteiger partial charge is 0.331 e. The summed E-state index contributed by atoms with van der Waals surface area (Å²) in [6.45, 7) is 3.30. The molecule has 3 aromatic rings. The highest BCUT2D eigenvalue weighted by atomic mass is 19.1. The Kier molecular flexibility index (Phi) is 6.59. The minimum absolute atomic E-state index is 0.116. The topological polar surface area (TPSA) is 84.3 Å². The van der Waals surface area contributed by atoms with Crippen molar-refractivity contribution in [3.63, 3.8) is 0 Å². The molecule has 8 heteroatoms. The number of amides is 2. The Labute approximate surface area is 179 Å². The lowest BCUT2D eigenvalue weighted by atomic mass is 10.1. The number of nitrogens with zero attached hydrogens (tertiary/aromatic N) is 3. The van der Waals surface area contributed by atoms with Gasteiger partial charge in [-0.3, -0.25) is 14.4 Å². The summed E-state index contributed by atoms with van der Waals surface area (Å²) in [4.78, 5) is 38.8. The van der Waals surface area contributed by atoms with Gasteiger partial charge in [0.15, 0.2) is 5.69 Å². The van der Waals surface area contributed by atoms with Gasteiger partial charge in [-0.05, 0) is 37.1 Å². The quantitative estimate of drug-likeness (QED) is 0.662. The van der Waals surface area contributed by atoms with E-state index in [1.54, 1.807) is 19.1 Å². The van der Waals surface area contributed by atoms with Crippen LogP contribution in [0.2, 0.25) is 0 Å². The monoisotopic (exact) mass is 422 g/mol. The van der Waals surface area contributed by atoms with E-state index in [9.17, 15) is 18.8 Å². The summed E-state index contributed by atoms with van der Waals surface area (Å²) >= 11 is 0. The summed E-state index contributed by atoms with van der Waals surface area (Å²) in [5.41, 5.74) is 1.15. The molecule has 0 spiro atoms. The molecule has 2 amide bonds. The molecule has 0 saturated heterocycles. The Hall–Kier alpha value is -3.81. The van der Waals surface area contributed by atoms with Crippen LogP contribution in [0.4, 0.5) is 10.1 Å². The van der Waals surface area contributed by atoms with Crippen molar-refractivity contribution >= 4 is 17.5 Å². The Morgan fingerprint density at radius 3 is 2.52 bits per heavy atom. The fourth-order valence-electron chi connectivity index (χ4n) is 3.17. The minimum atomic E-state index is -0.728. The van der Waals surface area contributed by atoms with Gasteiger partial charge >= 0.3 is 0 Å². The maximum Gasteiger partial charge on any atom is 0.278 e. The van der Waals surface area contributed by atoms with Crippen molar-refractivity contribution in [2.75, 3.05) is 18.9 Å². The van der Waals surface area contributed by atoms with Gasteiger partial charge in [-0.25, -0.2) is 9.07 Å². The molecule has 0 saturated carbocycles. The number of rotatable bonds is 6. The molecule has 0 aliphatic rings. The molecule has 2 aromatic carbocycles. The second-order valence-corrected chi connectivity index (χ2v) is 7.08. The molecule has 3 rings (SSSR count). The zero-order valence-corrected chi connectivity index (χ0v) is 17.6. The molecular weight excluding hydrogens is 399 g/mol. The lowest BCUT2D eigenvalue weighted by Crippen LogP contribution is -2.38. The Morgan fingerprint density at radius 1 is 1.13 bits per heavy atom. The highest BCUT2D eigenvalue weighted by molar-refractivity contribution is 5.98. The minimum Gasteiger partial charge on any atom is -0.331 e. The lowest BCUT2D eigenvalue weighted by Gasteiger charge is -2.18. The molecule has 0 fully saturated rings. The average Bonchev–Trinajstić information content (AvgIpc) is 2.74. The van der Waals surface area contributed by atoms with E-state index < -0.39 is 28.8 Å². The zero-order chi connectivity index (χ0) is 22.5. The molecule has 0 atom stereocenters. The third-order valence-electron chi connectivity index (χ3n) is 4.79. The van der Waals surface area contributed by atoms with Crippen LogP contribution >= 0.6 is 0 Å². The smallest absolute Gasteiger partial charge is 0.278 e. The number of aryl methyl sites for hydroxylation is 2. The number of likely N-dealkylation sites (N-methyl/N-ethyl adjacent to an activating group) is 1. The number of benzene rings is 2. The molecule has 31 heavy (non-hydrogen) atoms. The van der Waals surface area contributed by atoms with E-state index in [1.807, 2.05) is 25.1 Å². The first-order valence-electron chi connectivity index (χ1n) is 9.81. The van der Waals surface area contributed by atoms with E-state index in [0.717, 1.165) is 16.9 Å². The summed E-state index contributed by atoms with van der Waals surface area (Å²) in [6.07, 6.45) is 0.744. The van der Waals surface area contributed by atoms with Gasteiger partial charge in [0.1, 0.15) is 11.5 Å². The normalized spacial score (nSPS) is 10.6. The first kappa shape index (κ1) is 21.9. The first-order chi connectivity index (χ1) is 14.8.